The van der Waals surface area contributed by atoms with Crippen molar-refractivity contribution in [2.24, 2.45) is 0 Å². The van der Waals surface area contributed by atoms with Crippen molar-refractivity contribution in [3.63, 3.8) is 0 Å². The molecule has 2 heterocycles. The van der Waals surface area contributed by atoms with E-state index in [2.05, 4.69) is 34.3 Å². The number of rotatable bonds is 2. The molecule has 2 unspecified atom stereocenters. The second kappa shape index (κ2) is 6.02. The van der Waals surface area contributed by atoms with Gasteiger partial charge in [0, 0.05) is 25.2 Å². The summed E-state index contributed by atoms with van der Waals surface area (Å²) >= 11 is 0. The van der Waals surface area contributed by atoms with Crippen LogP contribution in [0.15, 0.2) is 12.1 Å². The van der Waals surface area contributed by atoms with Gasteiger partial charge in [-0.25, -0.2) is 0 Å². The molecule has 6 heteroatoms. The highest BCUT2D eigenvalue weighted by Gasteiger charge is 2.23. The Morgan fingerprint density at radius 3 is 2.76 bits per heavy atom. The van der Waals surface area contributed by atoms with Crippen LogP contribution in [0.4, 0.5) is 11.6 Å². The van der Waals surface area contributed by atoms with E-state index < -0.39 is 0 Å². The molecular formula is C11H20ClN5. The maximum atomic E-state index is 5.53. The van der Waals surface area contributed by atoms with E-state index in [1.54, 1.807) is 6.07 Å². The van der Waals surface area contributed by atoms with E-state index in [0.29, 0.717) is 17.9 Å². The van der Waals surface area contributed by atoms with Crippen LogP contribution in [0.2, 0.25) is 0 Å². The highest BCUT2D eigenvalue weighted by atomic mass is 35.5. The fraction of sp³-hybridized carbons (Fsp3) is 0.636. The summed E-state index contributed by atoms with van der Waals surface area (Å²) in [5.41, 5.74) is 5.53. The van der Waals surface area contributed by atoms with Gasteiger partial charge in [0.1, 0.15) is 5.82 Å². The topological polar surface area (TPSA) is 67.1 Å². The summed E-state index contributed by atoms with van der Waals surface area (Å²) in [6.45, 7) is 6.34. The molecule has 0 spiro atoms. The fourth-order valence-corrected chi connectivity index (χ4v) is 2.12. The zero-order valence-corrected chi connectivity index (χ0v) is 11.1. The van der Waals surface area contributed by atoms with Crippen molar-refractivity contribution in [2.45, 2.75) is 32.4 Å². The molecule has 0 bridgehead atoms. The first-order valence-corrected chi connectivity index (χ1v) is 5.79. The van der Waals surface area contributed by atoms with Gasteiger partial charge in [0.15, 0.2) is 5.82 Å². The summed E-state index contributed by atoms with van der Waals surface area (Å²) in [5, 5.41) is 11.6. The third-order valence-corrected chi connectivity index (χ3v) is 2.94. The Balaban J connectivity index is 0.00000144. The average Bonchev–Trinajstić information content (AvgIpc) is 2.29. The molecule has 0 saturated carbocycles. The first-order chi connectivity index (χ1) is 7.69. The molecule has 1 aliphatic rings. The predicted octanol–water partition coefficient (Wildman–Crippen LogP) is 1.06. The Kier molecular flexibility index (Phi) is 4.96. The van der Waals surface area contributed by atoms with Gasteiger partial charge in [-0.1, -0.05) is 6.92 Å². The van der Waals surface area contributed by atoms with E-state index in [0.717, 1.165) is 25.3 Å². The Hall–Kier alpha value is -1.07. The summed E-state index contributed by atoms with van der Waals surface area (Å²) in [7, 11) is 0. The number of halogens is 1. The molecule has 0 aliphatic carbocycles. The highest BCUT2D eigenvalue weighted by Crippen LogP contribution is 2.15. The number of nitrogen functional groups attached to an aromatic ring is 1. The number of anilines is 2. The molecule has 1 aromatic heterocycles. The van der Waals surface area contributed by atoms with E-state index in [4.69, 9.17) is 5.73 Å². The van der Waals surface area contributed by atoms with Crippen molar-refractivity contribution in [3.8, 4) is 0 Å². The maximum absolute atomic E-state index is 5.53. The van der Waals surface area contributed by atoms with Gasteiger partial charge in [-0.05, 0) is 25.5 Å². The van der Waals surface area contributed by atoms with Gasteiger partial charge in [0.25, 0.3) is 0 Å². The first kappa shape index (κ1) is 14.0. The fourth-order valence-electron chi connectivity index (χ4n) is 2.12. The van der Waals surface area contributed by atoms with E-state index in [9.17, 15) is 0 Å². The summed E-state index contributed by atoms with van der Waals surface area (Å²) < 4.78 is 0. The normalized spacial score (nSPS) is 24.2. The number of hydrogen-bond acceptors (Lipinski definition) is 5. The van der Waals surface area contributed by atoms with Gasteiger partial charge in [0.05, 0.1) is 0 Å². The molecule has 3 N–H and O–H groups in total. The quantitative estimate of drug-likeness (QED) is 0.829. The minimum Gasteiger partial charge on any atom is -0.382 e. The van der Waals surface area contributed by atoms with Gasteiger partial charge in [-0.2, -0.15) is 0 Å². The van der Waals surface area contributed by atoms with Crippen molar-refractivity contribution in [1.82, 2.24) is 15.5 Å². The van der Waals surface area contributed by atoms with E-state index in [1.165, 1.54) is 0 Å². The Bertz CT molecular complexity index is 342. The van der Waals surface area contributed by atoms with Gasteiger partial charge in [0.2, 0.25) is 0 Å². The first-order valence-electron chi connectivity index (χ1n) is 5.79. The van der Waals surface area contributed by atoms with Crippen molar-refractivity contribution in [3.05, 3.63) is 12.1 Å². The molecule has 0 aromatic carbocycles. The molecule has 1 aromatic rings. The lowest BCUT2D eigenvalue weighted by Gasteiger charge is -2.37. The van der Waals surface area contributed by atoms with Crippen LogP contribution in [0.3, 0.4) is 0 Å². The summed E-state index contributed by atoms with van der Waals surface area (Å²) in [6, 6.07) is 4.75. The van der Waals surface area contributed by atoms with Crippen LogP contribution in [0, 0.1) is 0 Å². The van der Waals surface area contributed by atoms with Crippen LogP contribution in [0.1, 0.15) is 20.3 Å². The lowest BCUT2D eigenvalue weighted by atomic mass is 10.1. The van der Waals surface area contributed by atoms with Crippen molar-refractivity contribution in [2.75, 3.05) is 23.7 Å². The average molecular weight is 258 g/mol. The number of hydrogen-bond donors (Lipinski definition) is 2. The van der Waals surface area contributed by atoms with Crippen LogP contribution in [0.5, 0.6) is 0 Å². The molecule has 1 saturated heterocycles. The van der Waals surface area contributed by atoms with Crippen molar-refractivity contribution in [1.29, 1.82) is 0 Å². The molecule has 2 atom stereocenters. The SMILES string of the molecule is CCC1CN(c2ccc(N)nn2)CC(C)N1.Cl. The van der Waals surface area contributed by atoms with Gasteiger partial charge < -0.3 is 16.0 Å². The van der Waals surface area contributed by atoms with Crippen LogP contribution in [-0.4, -0.2) is 35.4 Å². The Labute approximate surface area is 108 Å². The molecule has 0 amide bonds. The second-order valence-electron chi connectivity index (χ2n) is 4.39. The molecular weight excluding hydrogens is 238 g/mol. The van der Waals surface area contributed by atoms with E-state index in [-0.39, 0.29) is 12.4 Å². The number of piperazine rings is 1. The monoisotopic (exact) mass is 257 g/mol. The summed E-state index contributed by atoms with van der Waals surface area (Å²) in [4.78, 5) is 2.27. The smallest absolute Gasteiger partial charge is 0.151 e. The third kappa shape index (κ3) is 3.44. The predicted molar refractivity (Wildman–Crippen MR) is 72.6 cm³/mol. The van der Waals surface area contributed by atoms with Crippen molar-refractivity contribution >= 4 is 24.0 Å². The molecule has 96 valence electrons. The third-order valence-electron chi connectivity index (χ3n) is 2.94. The summed E-state index contributed by atoms with van der Waals surface area (Å²) in [5.74, 6) is 1.39. The zero-order chi connectivity index (χ0) is 11.5. The molecule has 1 aliphatic heterocycles. The number of aromatic nitrogens is 2. The van der Waals surface area contributed by atoms with Crippen LogP contribution >= 0.6 is 12.4 Å². The van der Waals surface area contributed by atoms with E-state index >= 15 is 0 Å². The lowest BCUT2D eigenvalue weighted by Crippen LogP contribution is -2.55. The Morgan fingerprint density at radius 2 is 2.18 bits per heavy atom. The van der Waals surface area contributed by atoms with E-state index in [1.807, 2.05) is 6.07 Å². The number of nitrogens with zero attached hydrogens (tertiary/aromatic N) is 3. The second-order valence-corrected chi connectivity index (χ2v) is 4.39. The van der Waals surface area contributed by atoms with Gasteiger partial charge in [-0.3, -0.25) is 0 Å². The zero-order valence-electron chi connectivity index (χ0n) is 10.3. The molecule has 0 radical (unpaired) electrons. The number of nitrogens with one attached hydrogen (secondary N) is 1. The molecule has 1 fully saturated rings. The van der Waals surface area contributed by atoms with Crippen LogP contribution in [0.25, 0.3) is 0 Å². The highest BCUT2D eigenvalue weighted by molar-refractivity contribution is 5.85. The standard InChI is InChI=1S/C11H19N5.ClH/c1-3-9-7-16(6-8(2)13-9)11-5-4-10(12)14-15-11;/h4-5,8-9,13H,3,6-7H2,1-2H3,(H2,12,14);1H. The summed E-state index contributed by atoms with van der Waals surface area (Å²) in [6.07, 6.45) is 1.13. The number of nitrogens with two attached hydrogens (primary N) is 1. The van der Waals surface area contributed by atoms with Crippen molar-refractivity contribution < 1.29 is 0 Å². The minimum atomic E-state index is 0. The van der Waals surface area contributed by atoms with Gasteiger partial charge >= 0.3 is 0 Å². The van der Waals surface area contributed by atoms with Crippen LogP contribution in [-0.2, 0) is 0 Å². The molecule has 5 nitrogen and oxygen atoms in total. The van der Waals surface area contributed by atoms with Gasteiger partial charge in [-0.15, -0.1) is 22.6 Å². The minimum absolute atomic E-state index is 0. The largest absolute Gasteiger partial charge is 0.382 e. The molecule has 17 heavy (non-hydrogen) atoms. The van der Waals surface area contributed by atoms with Crippen LogP contribution < -0.4 is 16.0 Å². The molecule has 2 rings (SSSR count). The Morgan fingerprint density at radius 1 is 1.41 bits per heavy atom. The maximum Gasteiger partial charge on any atom is 0.151 e. The lowest BCUT2D eigenvalue weighted by molar-refractivity contribution is 0.378.